The highest BCUT2D eigenvalue weighted by Crippen LogP contribution is 2.21. The lowest BCUT2D eigenvalue weighted by atomic mass is 10.1. The molecule has 1 N–H and O–H groups in total. The molecule has 0 saturated carbocycles. The van der Waals surface area contributed by atoms with Gasteiger partial charge >= 0.3 is 0 Å². The molecule has 1 amide bonds. The minimum Gasteiger partial charge on any atom is -0.455 e. The van der Waals surface area contributed by atoms with Crippen molar-refractivity contribution in [3.63, 3.8) is 0 Å². The van der Waals surface area contributed by atoms with Crippen molar-refractivity contribution < 1.29 is 13.6 Å². The zero-order chi connectivity index (χ0) is 18.4. The van der Waals surface area contributed by atoms with Gasteiger partial charge in [0.05, 0.1) is 12.6 Å². The molecule has 1 heterocycles. The fourth-order valence-corrected chi connectivity index (χ4v) is 2.48. The molecule has 0 bridgehead atoms. The Labute approximate surface area is 151 Å². The van der Waals surface area contributed by atoms with Crippen LogP contribution in [0.1, 0.15) is 23.8 Å². The number of nitrogens with one attached hydrogen (secondary N) is 1. The first-order valence-corrected chi connectivity index (χ1v) is 8.39. The molecule has 26 heavy (non-hydrogen) atoms. The quantitative estimate of drug-likeness (QED) is 0.531. The maximum Gasteiger partial charge on any atom is 0.244 e. The number of carbonyl (C=O) groups excluding carboxylic acids is 1. The van der Waals surface area contributed by atoms with Crippen molar-refractivity contribution in [2.24, 2.45) is 5.10 Å². The summed E-state index contributed by atoms with van der Waals surface area (Å²) in [6, 6.07) is 17.5. The zero-order valence-corrected chi connectivity index (χ0v) is 14.4. The van der Waals surface area contributed by atoms with E-state index < -0.39 is 0 Å². The lowest BCUT2D eigenvalue weighted by molar-refractivity contribution is -0.120. The van der Waals surface area contributed by atoms with E-state index in [9.17, 15) is 9.18 Å². The lowest BCUT2D eigenvalue weighted by Crippen LogP contribution is -2.19. The molecule has 0 aliphatic heterocycles. The van der Waals surface area contributed by atoms with Crippen LogP contribution in [0.3, 0.4) is 0 Å². The number of furan rings is 1. The third-order valence-electron chi connectivity index (χ3n) is 3.93. The second kappa shape index (κ2) is 8.25. The van der Waals surface area contributed by atoms with Crippen molar-refractivity contribution in [2.75, 3.05) is 0 Å². The first kappa shape index (κ1) is 17.6. The molecule has 4 nitrogen and oxygen atoms in total. The summed E-state index contributed by atoms with van der Waals surface area (Å²) < 4.78 is 18.6. The number of hydrogen-bond donors (Lipinski definition) is 1. The van der Waals surface area contributed by atoms with Gasteiger partial charge in [-0.25, -0.2) is 9.82 Å². The second-order valence-corrected chi connectivity index (χ2v) is 5.85. The summed E-state index contributed by atoms with van der Waals surface area (Å²) in [5.41, 5.74) is 5.43. The van der Waals surface area contributed by atoms with Crippen LogP contribution in [0, 0.1) is 5.82 Å². The molecule has 3 aromatic rings. The molecule has 5 heteroatoms. The van der Waals surface area contributed by atoms with E-state index >= 15 is 0 Å². The number of hydrazone groups is 1. The van der Waals surface area contributed by atoms with Crippen molar-refractivity contribution in [1.29, 1.82) is 0 Å². The Morgan fingerprint density at radius 3 is 2.42 bits per heavy atom. The Morgan fingerprint density at radius 2 is 1.73 bits per heavy atom. The van der Waals surface area contributed by atoms with Gasteiger partial charge in [0.25, 0.3) is 0 Å². The molecule has 0 aliphatic carbocycles. The van der Waals surface area contributed by atoms with E-state index in [1.807, 2.05) is 24.3 Å². The number of nitrogens with zero attached hydrogens (tertiary/aromatic N) is 1. The highest BCUT2D eigenvalue weighted by molar-refractivity contribution is 5.82. The van der Waals surface area contributed by atoms with E-state index in [2.05, 4.69) is 17.5 Å². The van der Waals surface area contributed by atoms with Crippen molar-refractivity contribution in [2.45, 2.75) is 19.8 Å². The molecule has 0 atom stereocenters. The summed E-state index contributed by atoms with van der Waals surface area (Å²) in [6.45, 7) is 2.09. The summed E-state index contributed by atoms with van der Waals surface area (Å²) in [5, 5.41) is 3.91. The lowest BCUT2D eigenvalue weighted by Gasteiger charge is -2.02. The van der Waals surface area contributed by atoms with Gasteiger partial charge in [0.15, 0.2) is 0 Å². The third-order valence-corrected chi connectivity index (χ3v) is 3.93. The highest BCUT2D eigenvalue weighted by Gasteiger charge is 2.05. The number of halogens is 1. The van der Waals surface area contributed by atoms with Crippen molar-refractivity contribution in [3.8, 4) is 11.3 Å². The van der Waals surface area contributed by atoms with Gasteiger partial charge in [-0.2, -0.15) is 5.10 Å². The molecule has 0 saturated heterocycles. The maximum atomic E-state index is 13.0. The zero-order valence-electron chi connectivity index (χ0n) is 14.4. The SMILES string of the molecule is CCc1ccc(CC(=O)N/N=C\c2ccc(-c3ccc(F)cc3)o2)cc1. The van der Waals surface area contributed by atoms with Gasteiger partial charge in [-0.3, -0.25) is 4.79 Å². The van der Waals surface area contributed by atoms with Crippen LogP contribution in [0.25, 0.3) is 11.3 Å². The topological polar surface area (TPSA) is 54.6 Å². The average Bonchev–Trinajstić information content (AvgIpc) is 3.12. The van der Waals surface area contributed by atoms with E-state index in [0.717, 1.165) is 17.5 Å². The minimum absolute atomic E-state index is 0.198. The Balaban J connectivity index is 1.54. The molecule has 2 aromatic carbocycles. The van der Waals surface area contributed by atoms with Crippen molar-refractivity contribution in [3.05, 3.63) is 83.4 Å². The predicted molar refractivity (Wildman–Crippen MR) is 99.4 cm³/mol. The van der Waals surface area contributed by atoms with Crippen LogP contribution in [-0.4, -0.2) is 12.1 Å². The van der Waals surface area contributed by atoms with Crippen LogP contribution in [-0.2, 0) is 17.6 Å². The molecule has 0 fully saturated rings. The van der Waals surface area contributed by atoms with Crippen LogP contribution in [0.2, 0.25) is 0 Å². The third kappa shape index (κ3) is 4.66. The largest absolute Gasteiger partial charge is 0.455 e. The molecular weight excluding hydrogens is 331 g/mol. The molecule has 0 radical (unpaired) electrons. The van der Waals surface area contributed by atoms with Crippen LogP contribution in [0.15, 0.2) is 70.2 Å². The number of amides is 1. The monoisotopic (exact) mass is 350 g/mol. The van der Waals surface area contributed by atoms with Gasteiger partial charge in [0.1, 0.15) is 17.3 Å². The number of rotatable bonds is 6. The summed E-state index contributed by atoms with van der Waals surface area (Å²) in [4.78, 5) is 11.9. The Kier molecular flexibility index (Phi) is 5.59. The van der Waals surface area contributed by atoms with Gasteiger partial charge < -0.3 is 4.42 Å². The Bertz CT molecular complexity index is 897. The second-order valence-electron chi connectivity index (χ2n) is 5.85. The van der Waals surface area contributed by atoms with Gasteiger partial charge in [0.2, 0.25) is 5.91 Å². The maximum absolute atomic E-state index is 13.0. The van der Waals surface area contributed by atoms with Crippen LogP contribution in [0.5, 0.6) is 0 Å². The number of aryl methyl sites for hydroxylation is 1. The average molecular weight is 350 g/mol. The first-order valence-electron chi connectivity index (χ1n) is 8.39. The summed E-state index contributed by atoms with van der Waals surface area (Å²) in [5.74, 6) is 0.607. The normalized spacial score (nSPS) is 11.0. The Hall–Kier alpha value is -3.21. The molecule has 132 valence electrons. The molecule has 3 rings (SSSR count). The fourth-order valence-electron chi connectivity index (χ4n) is 2.48. The van der Waals surface area contributed by atoms with Gasteiger partial charge in [-0.15, -0.1) is 0 Å². The van der Waals surface area contributed by atoms with E-state index in [0.29, 0.717) is 11.5 Å². The summed E-state index contributed by atoms with van der Waals surface area (Å²) in [6.07, 6.45) is 2.67. The Morgan fingerprint density at radius 1 is 1.04 bits per heavy atom. The number of carbonyl (C=O) groups is 1. The van der Waals surface area contributed by atoms with Crippen molar-refractivity contribution in [1.82, 2.24) is 5.43 Å². The van der Waals surface area contributed by atoms with Crippen molar-refractivity contribution >= 4 is 12.1 Å². The standard InChI is InChI=1S/C21H19FN2O2/c1-2-15-3-5-16(6-4-15)13-21(25)24-23-14-19-11-12-20(26-19)17-7-9-18(22)10-8-17/h3-12,14H,2,13H2,1H3,(H,24,25)/b23-14-. The van der Waals surface area contributed by atoms with Gasteiger partial charge in [-0.05, 0) is 53.9 Å². The van der Waals surface area contributed by atoms with Crippen LogP contribution < -0.4 is 5.43 Å². The predicted octanol–water partition coefficient (Wildman–Crippen LogP) is 4.34. The van der Waals surface area contributed by atoms with E-state index in [1.54, 1.807) is 24.3 Å². The minimum atomic E-state index is -0.297. The van der Waals surface area contributed by atoms with E-state index in [1.165, 1.54) is 23.9 Å². The van der Waals surface area contributed by atoms with Crippen LogP contribution >= 0.6 is 0 Å². The van der Waals surface area contributed by atoms with Gasteiger partial charge in [-0.1, -0.05) is 31.2 Å². The van der Waals surface area contributed by atoms with Crippen LogP contribution in [0.4, 0.5) is 4.39 Å². The first-order chi connectivity index (χ1) is 12.6. The molecule has 0 spiro atoms. The fraction of sp³-hybridized carbons (Fsp3) is 0.143. The molecular formula is C21H19FN2O2. The highest BCUT2D eigenvalue weighted by atomic mass is 19.1. The number of benzene rings is 2. The van der Waals surface area contributed by atoms with E-state index in [-0.39, 0.29) is 18.1 Å². The molecule has 1 aromatic heterocycles. The smallest absolute Gasteiger partial charge is 0.244 e. The summed E-state index contributed by atoms with van der Waals surface area (Å²) >= 11 is 0. The molecule has 0 aliphatic rings. The summed E-state index contributed by atoms with van der Waals surface area (Å²) in [7, 11) is 0. The van der Waals surface area contributed by atoms with Gasteiger partial charge in [0, 0.05) is 5.56 Å². The number of hydrogen-bond acceptors (Lipinski definition) is 3. The molecule has 0 unspecified atom stereocenters. The van der Waals surface area contributed by atoms with E-state index in [4.69, 9.17) is 4.42 Å².